The summed E-state index contributed by atoms with van der Waals surface area (Å²) in [4.78, 5) is -1.64. The first-order valence-corrected chi connectivity index (χ1v) is 5.69. The summed E-state index contributed by atoms with van der Waals surface area (Å²) in [6.07, 6.45) is -4.28. The SMILES string of the molecule is FC(F)(F)C(Br)COc1ccc(Br)cc1. The van der Waals surface area contributed by atoms with Gasteiger partial charge in [-0.1, -0.05) is 31.9 Å². The van der Waals surface area contributed by atoms with Crippen LogP contribution in [0.3, 0.4) is 0 Å². The predicted molar refractivity (Wildman–Crippen MR) is 58.4 cm³/mol. The molecule has 1 nitrogen and oxygen atoms in total. The summed E-state index contributed by atoms with van der Waals surface area (Å²) in [6, 6.07) is 6.60. The highest BCUT2D eigenvalue weighted by Gasteiger charge is 2.38. The molecule has 0 heterocycles. The van der Waals surface area contributed by atoms with E-state index in [0.717, 1.165) is 4.47 Å². The minimum Gasteiger partial charge on any atom is -0.492 e. The number of halogens is 5. The van der Waals surface area contributed by atoms with E-state index < -0.39 is 17.6 Å². The second-order valence-corrected chi connectivity index (χ2v) is 4.80. The van der Waals surface area contributed by atoms with Crippen LogP contribution in [0.2, 0.25) is 0 Å². The van der Waals surface area contributed by atoms with E-state index in [4.69, 9.17) is 4.74 Å². The molecule has 1 unspecified atom stereocenters. The van der Waals surface area contributed by atoms with Gasteiger partial charge in [-0.25, -0.2) is 0 Å². The zero-order chi connectivity index (χ0) is 11.5. The van der Waals surface area contributed by atoms with E-state index in [9.17, 15) is 13.2 Å². The normalized spacial score (nSPS) is 13.7. The van der Waals surface area contributed by atoms with Crippen molar-refractivity contribution >= 4 is 31.9 Å². The summed E-state index contributed by atoms with van der Waals surface area (Å²) in [5.74, 6) is 0.409. The number of hydrogen-bond donors (Lipinski definition) is 0. The van der Waals surface area contributed by atoms with Crippen LogP contribution >= 0.6 is 31.9 Å². The Balaban J connectivity index is 2.47. The lowest BCUT2D eigenvalue weighted by atomic mass is 10.3. The van der Waals surface area contributed by atoms with Gasteiger partial charge < -0.3 is 4.74 Å². The van der Waals surface area contributed by atoms with Crippen molar-refractivity contribution in [2.45, 2.75) is 11.0 Å². The van der Waals surface area contributed by atoms with Crippen LogP contribution in [0.1, 0.15) is 0 Å². The molecule has 1 atom stereocenters. The van der Waals surface area contributed by atoms with Crippen LogP contribution in [0.5, 0.6) is 5.75 Å². The summed E-state index contributed by atoms with van der Waals surface area (Å²) in [5.41, 5.74) is 0. The van der Waals surface area contributed by atoms with Crippen molar-refractivity contribution < 1.29 is 17.9 Å². The van der Waals surface area contributed by atoms with Gasteiger partial charge in [0.05, 0.1) is 0 Å². The largest absolute Gasteiger partial charge is 0.492 e. The van der Waals surface area contributed by atoms with Gasteiger partial charge in [-0.3, -0.25) is 0 Å². The number of ether oxygens (including phenoxy) is 1. The molecule has 15 heavy (non-hydrogen) atoms. The fourth-order valence-corrected chi connectivity index (χ4v) is 1.19. The second kappa shape index (κ2) is 5.21. The van der Waals surface area contributed by atoms with Crippen molar-refractivity contribution in [3.05, 3.63) is 28.7 Å². The summed E-state index contributed by atoms with van der Waals surface area (Å²) < 4.78 is 42.1. The minimum atomic E-state index is -4.28. The van der Waals surface area contributed by atoms with E-state index in [-0.39, 0.29) is 0 Å². The Labute approximate surface area is 102 Å². The summed E-state index contributed by atoms with van der Waals surface area (Å²) in [5, 5.41) is 0. The quantitative estimate of drug-likeness (QED) is 0.746. The van der Waals surface area contributed by atoms with Crippen LogP contribution < -0.4 is 4.74 Å². The molecule has 0 aliphatic heterocycles. The molecule has 0 amide bonds. The van der Waals surface area contributed by atoms with Gasteiger partial charge in [0.15, 0.2) is 0 Å². The van der Waals surface area contributed by atoms with Crippen molar-refractivity contribution in [2.75, 3.05) is 6.61 Å². The maximum atomic E-state index is 12.1. The average molecular weight is 348 g/mol. The first-order valence-electron chi connectivity index (χ1n) is 3.99. The van der Waals surface area contributed by atoms with Gasteiger partial charge in [-0.15, -0.1) is 0 Å². The zero-order valence-corrected chi connectivity index (χ0v) is 10.6. The molecule has 0 saturated heterocycles. The molecule has 0 fully saturated rings. The van der Waals surface area contributed by atoms with Gasteiger partial charge in [-0.05, 0) is 24.3 Å². The van der Waals surface area contributed by atoms with E-state index in [2.05, 4.69) is 31.9 Å². The van der Waals surface area contributed by atoms with Crippen LogP contribution in [0, 0.1) is 0 Å². The molecule has 0 spiro atoms. The molecule has 6 heteroatoms. The van der Waals surface area contributed by atoms with Crippen molar-refractivity contribution in [1.29, 1.82) is 0 Å². The third-order valence-corrected chi connectivity index (χ3v) is 2.88. The molecule has 0 radical (unpaired) electrons. The van der Waals surface area contributed by atoms with Gasteiger partial charge in [0.25, 0.3) is 0 Å². The molecule has 1 rings (SSSR count). The predicted octanol–water partition coefficient (Wildman–Crippen LogP) is 4.15. The van der Waals surface area contributed by atoms with E-state index in [1.807, 2.05) is 0 Å². The van der Waals surface area contributed by atoms with Crippen LogP contribution in [0.4, 0.5) is 13.2 Å². The molecule has 0 aliphatic carbocycles. The Morgan fingerprint density at radius 3 is 2.20 bits per heavy atom. The molecular formula is C9H7Br2F3O. The molecule has 0 N–H and O–H groups in total. The van der Waals surface area contributed by atoms with Crippen molar-refractivity contribution in [3.8, 4) is 5.75 Å². The van der Waals surface area contributed by atoms with Gasteiger partial charge in [0.1, 0.15) is 17.2 Å². The lowest BCUT2D eigenvalue weighted by molar-refractivity contribution is -0.132. The summed E-state index contributed by atoms with van der Waals surface area (Å²) in [6.45, 7) is -0.439. The maximum absolute atomic E-state index is 12.1. The van der Waals surface area contributed by atoms with Crippen LogP contribution in [0.25, 0.3) is 0 Å². The van der Waals surface area contributed by atoms with Crippen molar-refractivity contribution in [3.63, 3.8) is 0 Å². The number of benzene rings is 1. The molecule has 0 aromatic heterocycles. The third-order valence-electron chi connectivity index (χ3n) is 1.57. The minimum absolute atomic E-state index is 0.409. The third kappa shape index (κ3) is 4.42. The molecule has 1 aromatic carbocycles. The van der Waals surface area contributed by atoms with Gasteiger partial charge in [0, 0.05) is 4.47 Å². The number of rotatable bonds is 3. The highest BCUT2D eigenvalue weighted by atomic mass is 79.9. The van der Waals surface area contributed by atoms with E-state index in [1.165, 1.54) is 0 Å². The van der Waals surface area contributed by atoms with Gasteiger partial charge >= 0.3 is 6.18 Å². The van der Waals surface area contributed by atoms with E-state index >= 15 is 0 Å². The first kappa shape index (κ1) is 12.8. The summed E-state index contributed by atoms with van der Waals surface area (Å²) in [7, 11) is 0. The van der Waals surface area contributed by atoms with E-state index in [0.29, 0.717) is 5.75 Å². The van der Waals surface area contributed by atoms with Crippen molar-refractivity contribution in [2.24, 2.45) is 0 Å². The zero-order valence-electron chi connectivity index (χ0n) is 7.39. The molecule has 1 aromatic rings. The Morgan fingerprint density at radius 1 is 1.20 bits per heavy atom. The molecule has 0 aliphatic rings. The van der Waals surface area contributed by atoms with Gasteiger partial charge in [0.2, 0.25) is 0 Å². The van der Waals surface area contributed by atoms with Crippen LogP contribution in [-0.2, 0) is 0 Å². The maximum Gasteiger partial charge on any atom is 0.404 e. The number of hydrogen-bond acceptors (Lipinski definition) is 1. The Hall–Kier alpha value is -0.230. The number of alkyl halides is 4. The monoisotopic (exact) mass is 346 g/mol. The lowest BCUT2D eigenvalue weighted by Gasteiger charge is -2.14. The van der Waals surface area contributed by atoms with Crippen LogP contribution in [-0.4, -0.2) is 17.6 Å². The van der Waals surface area contributed by atoms with E-state index in [1.54, 1.807) is 24.3 Å². The molecule has 84 valence electrons. The highest BCUT2D eigenvalue weighted by molar-refractivity contribution is 9.10. The molecule has 0 saturated carbocycles. The van der Waals surface area contributed by atoms with Crippen molar-refractivity contribution in [1.82, 2.24) is 0 Å². The topological polar surface area (TPSA) is 9.23 Å². The Bertz CT molecular complexity index is 310. The Kier molecular flexibility index (Phi) is 4.45. The molecular weight excluding hydrogens is 341 g/mol. The standard InChI is InChI=1S/C9H7Br2F3O/c10-6-1-3-7(4-2-6)15-5-8(11)9(12,13)14/h1-4,8H,5H2. The second-order valence-electron chi connectivity index (χ2n) is 2.77. The lowest BCUT2D eigenvalue weighted by Crippen LogP contribution is -2.28. The van der Waals surface area contributed by atoms with Crippen LogP contribution in [0.15, 0.2) is 28.7 Å². The smallest absolute Gasteiger partial charge is 0.404 e. The average Bonchev–Trinajstić information content (AvgIpc) is 2.15. The fraction of sp³-hybridized carbons (Fsp3) is 0.333. The molecule has 0 bridgehead atoms. The first-order chi connectivity index (χ1) is 6.89. The summed E-state index contributed by atoms with van der Waals surface area (Å²) >= 11 is 5.72. The van der Waals surface area contributed by atoms with Gasteiger partial charge in [-0.2, -0.15) is 13.2 Å². The Morgan fingerprint density at radius 2 is 1.73 bits per heavy atom. The fourth-order valence-electron chi connectivity index (χ4n) is 0.795. The highest BCUT2D eigenvalue weighted by Crippen LogP contribution is 2.27.